The molecular formula is C20H20N4O4S. The zero-order valence-electron chi connectivity index (χ0n) is 16.6. The largest absolute Gasteiger partial charge is 0.477 e. The van der Waals surface area contributed by atoms with Crippen molar-refractivity contribution in [1.82, 2.24) is 19.8 Å². The zero-order chi connectivity index (χ0) is 20.5. The van der Waals surface area contributed by atoms with Crippen LogP contribution >= 0.6 is 11.3 Å². The number of hydrogen-bond donors (Lipinski definition) is 0. The maximum Gasteiger partial charge on any atom is 0.354 e. The summed E-state index contributed by atoms with van der Waals surface area (Å²) in [6.07, 6.45) is 3.65. The van der Waals surface area contributed by atoms with Gasteiger partial charge in [0.05, 0.1) is 36.2 Å². The maximum atomic E-state index is 12.3. The molecule has 4 aromatic heterocycles. The van der Waals surface area contributed by atoms with E-state index in [1.54, 1.807) is 17.6 Å². The Labute approximate surface area is 171 Å². The van der Waals surface area contributed by atoms with E-state index in [4.69, 9.17) is 14.0 Å². The number of pyridine rings is 1. The van der Waals surface area contributed by atoms with Crippen LogP contribution in [0.5, 0.6) is 5.88 Å². The van der Waals surface area contributed by atoms with Crippen LogP contribution in [0.4, 0.5) is 0 Å². The number of esters is 1. The van der Waals surface area contributed by atoms with Gasteiger partial charge in [-0.1, -0.05) is 5.16 Å². The highest BCUT2D eigenvalue weighted by molar-refractivity contribution is 7.17. The Morgan fingerprint density at radius 3 is 2.79 bits per heavy atom. The van der Waals surface area contributed by atoms with Crippen molar-refractivity contribution in [2.24, 2.45) is 0 Å². The monoisotopic (exact) mass is 412 g/mol. The summed E-state index contributed by atoms with van der Waals surface area (Å²) in [5, 5.41) is 9.14. The van der Waals surface area contributed by atoms with Gasteiger partial charge in [-0.2, -0.15) is 5.10 Å². The molecule has 4 rings (SSSR count). The van der Waals surface area contributed by atoms with Crippen LogP contribution < -0.4 is 4.74 Å². The second-order valence-electron chi connectivity index (χ2n) is 6.31. The number of thiazole rings is 1. The third kappa shape index (κ3) is 3.38. The number of aromatic nitrogens is 4. The molecule has 0 aliphatic heterocycles. The van der Waals surface area contributed by atoms with Crippen LogP contribution in [-0.4, -0.2) is 38.9 Å². The Morgan fingerprint density at radius 2 is 2.10 bits per heavy atom. The van der Waals surface area contributed by atoms with Gasteiger partial charge in [0, 0.05) is 17.3 Å². The molecular weight excluding hydrogens is 392 g/mol. The van der Waals surface area contributed by atoms with Crippen molar-refractivity contribution in [2.45, 2.75) is 27.7 Å². The summed E-state index contributed by atoms with van der Waals surface area (Å²) < 4.78 is 17.8. The van der Waals surface area contributed by atoms with E-state index >= 15 is 0 Å². The minimum atomic E-state index is -0.429. The summed E-state index contributed by atoms with van der Waals surface area (Å²) in [7, 11) is 0. The molecule has 0 unspecified atom stereocenters. The van der Waals surface area contributed by atoms with Crippen LogP contribution in [0, 0.1) is 13.8 Å². The van der Waals surface area contributed by atoms with Crippen molar-refractivity contribution >= 4 is 22.8 Å². The number of hydrogen-bond acceptors (Lipinski definition) is 8. The molecule has 0 aliphatic carbocycles. The van der Waals surface area contributed by atoms with E-state index in [0.29, 0.717) is 29.0 Å². The lowest BCUT2D eigenvalue weighted by Crippen LogP contribution is -2.05. The van der Waals surface area contributed by atoms with Crippen molar-refractivity contribution in [2.75, 3.05) is 13.2 Å². The van der Waals surface area contributed by atoms with Crippen LogP contribution in [0.3, 0.4) is 0 Å². The van der Waals surface area contributed by atoms with Gasteiger partial charge in [0.25, 0.3) is 0 Å². The van der Waals surface area contributed by atoms with Crippen LogP contribution in [0.25, 0.3) is 27.2 Å². The summed E-state index contributed by atoms with van der Waals surface area (Å²) in [6.45, 7) is 8.10. The summed E-state index contributed by atoms with van der Waals surface area (Å²) in [6, 6.07) is 3.89. The number of carbonyl (C=O) groups excluding carboxylic acids is 1. The highest BCUT2D eigenvalue weighted by atomic mass is 32.1. The zero-order valence-corrected chi connectivity index (χ0v) is 17.4. The van der Waals surface area contributed by atoms with E-state index in [2.05, 4.69) is 15.2 Å². The molecule has 9 heteroatoms. The second-order valence-corrected chi connectivity index (χ2v) is 7.31. The van der Waals surface area contributed by atoms with Crippen LogP contribution in [0.15, 0.2) is 29.0 Å². The molecule has 150 valence electrons. The first-order valence-corrected chi connectivity index (χ1v) is 10.1. The van der Waals surface area contributed by atoms with Gasteiger partial charge >= 0.3 is 5.97 Å². The van der Waals surface area contributed by atoms with Crippen LogP contribution in [0.2, 0.25) is 0 Å². The SMILES string of the molecule is CCOC(=O)c1sc(-c2ccn3ncc(-c4c(C)noc4C)c3c2)nc1OCC. The molecule has 0 atom stereocenters. The van der Waals surface area contributed by atoms with Crippen LogP contribution in [-0.2, 0) is 4.74 Å². The molecule has 4 heterocycles. The predicted octanol–water partition coefficient (Wildman–Crippen LogP) is 4.31. The molecule has 0 radical (unpaired) electrons. The lowest BCUT2D eigenvalue weighted by atomic mass is 10.1. The number of nitrogens with zero attached hydrogens (tertiary/aromatic N) is 4. The normalized spacial score (nSPS) is 11.2. The van der Waals surface area contributed by atoms with Gasteiger partial charge in [-0.25, -0.2) is 14.3 Å². The molecule has 0 saturated heterocycles. The molecule has 0 amide bonds. The van der Waals surface area contributed by atoms with Gasteiger partial charge in [-0.15, -0.1) is 11.3 Å². The first kappa shape index (κ1) is 19.1. The van der Waals surface area contributed by atoms with Crippen molar-refractivity contribution in [3.63, 3.8) is 0 Å². The van der Waals surface area contributed by atoms with E-state index < -0.39 is 5.97 Å². The van der Waals surface area contributed by atoms with E-state index in [0.717, 1.165) is 33.7 Å². The first-order valence-electron chi connectivity index (χ1n) is 9.25. The van der Waals surface area contributed by atoms with E-state index in [1.165, 1.54) is 11.3 Å². The molecule has 0 bridgehead atoms. The van der Waals surface area contributed by atoms with E-state index in [1.807, 2.05) is 39.1 Å². The average Bonchev–Trinajstić information content (AvgIpc) is 3.39. The van der Waals surface area contributed by atoms with Crippen molar-refractivity contribution < 1.29 is 18.8 Å². The Morgan fingerprint density at radius 1 is 1.28 bits per heavy atom. The average molecular weight is 412 g/mol. The van der Waals surface area contributed by atoms with Crippen LogP contribution in [0.1, 0.15) is 35.0 Å². The molecule has 4 aromatic rings. The molecule has 0 fully saturated rings. The molecule has 0 aliphatic rings. The Kier molecular flexibility index (Phi) is 5.06. The first-order chi connectivity index (χ1) is 14.0. The smallest absolute Gasteiger partial charge is 0.354 e. The Hall–Kier alpha value is -3.20. The van der Waals surface area contributed by atoms with E-state index in [-0.39, 0.29) is 0 Å². The maximum absolute atomic E-state index is 12.3. The number of ether oxygens (including phenoxy) is 2. The van der Waals surface area contributed by atoms with Gasteiger partial charge in [0.1, 0.15) is 10.8 Å². The number of carbonyl (C=O) groups is 1. The lowest BCUT2D eigenvalue weighted by Gasteiger charge is -2.02. The molecule has 0 saturated carbocycles. The minimum absolute atomic E-state index is 0.292. The van der Waals surface area contributed by atoms with Gasteiger partial charge in [-0.3, -0.25) is 0 Å². The van der Waals surface area contributed by atoms with Gasteiger partial charge in [-0.05, 0) is 39.8 Å². The fraction of sp³-hybridized carbons (Fsp3) is 0.300. The Balaban J connectivity index is 1.82. The van der Waals surface area contributed by atoms with Gasteiger partial charge in [0.15, 0.2) is 4.88 Å². The van der Waals surface area contributed by atoms with Gasteiger partial charge < -0.3 is 14.0 Å². The number of aryl methyl sites for hydroxylation is 2. The number of rotatable bonds is 6. The van der Waals surface area contributed by atoms with Gasteiger partial charge in [0.2, 0.25) is 5.88 Å². The standard InChI is InChI=1S/C20H20N4O4S/c1-5-26-18-17(20(25)27-6-2)29-19(22-18)13-7-8-24-15(9-13)14(10-21-24)16-11(3)23-28-12(16)4/h7-10H,5-6H2,1-4H3. The lowest BCUT2D eigenvalue weighted by molar-refractivity contribution is 0.0527. The fourth-order valence-electron chi connectivity index (χ4n) is 3.16. The third-order valence-electron chi connectivity index (χ3n) is 4.41. The van der Waals surface area contributed by atoms with Crippen molar-refractivity contribution in [1.29, 1.82) is 0 Å². The highest BCUT2D eigenvalue weighted by Gasteiger charge is 2.22. The summed E-state index contributed by atoms with van der Waals surface area (Å²) >= 11 is 1.25. The van der Waals surface area contributed by atoms with E-state index in [9.17, 15) is 4.79 Å². The number of fused-ring (bicyclic) bond motifs is 1. The summed E-state index contributed by atoms with van der Waals surface area (Å²) in [4.78, 5) is 17.2. The third-order valence-corrected chi connectivity index (χ3v) is 5.47. The molecule has 29 heavy (non-hydrogen) atoms. The quantitative estimate of drug-likeness (QED) is 0.436. The topological polar surface area (TPSA) is 91.8 Å². The minimum Gasteiger partial charge on any atom is -0.477 e. The molecule has 0 aromatic carbocycles. The second kappa shape index (κ2) is 7.67. The highest BCUT2D eigenvalue weighted by Crippen LogP contribution is 2.36. The summed E-state index contributed by atoms with van der Waals surface area (Å²) in [5.74, 6) is 0.604. The van der Waals surface area contributed by atoms with Crippen molar-refractivity contribution in [3.05, 3.63) is 40.9 Å². The molecule has 0 spiro atoms. The van der Waals surface area contributed by atoms with Crippen molar-refractivity contribution in [3.8, 4) is 27.6 Å². The molecule has 8 nitrogen and oxygen atoms in total. The predicted molar refractivity (Wildman–Crippen MR) is 108 cm³/mol. The summed E-state index contributed by atoms with van der Waals surface area (Å²) in [5.41, 5.74) is 4.41. The fourth-order valence-corrected chi connectivity index (χ4v) is 4.06. The Bertz CT molecular complexity index is 1170. The molecule has 0 N–H and O–H groups in total.